The number of ether oxygens (including phenoxy) is 1. The van der Waals surface area contributed by atoms with Gasteiger partial charge in [-0.25, -0.2) is 0 Å². The van der Waals surface area contributed by atoms with Gasteiger partial charge in [-0.3, -0.25) is 0 Å². The zero-order valence-corrected chi connectivity index (χ0v) is 15.6. The van der Waals surface area contributed by atoms with Gasteiger partial charge >= 0.3 is 0 Å². The molecule has 0 fully saturated rings. The molecule has 3 heteroatoms. The van der Waals surface area contributed by atoms with E-state index >= 15 is 0 Å². The van der Waals surface area contributed by atoms with Gasteiger partial charge in [0.2, 0.25) is 0 Å². The van der Waals surface area contributed by atoms with Crippen molar-refractivity contribution in [2.45, 2.75) is 19.8 Å². The minimum Gasteiger partial charge on any atom is -0.496 e. The molecule has 2 aromatic carbocycles. The van der Waals surface area contributed by atoms with Gasteiger partial charge in [0, 0.05) is 9.80 Å². The maximum Gasteiger partial charge on any atom is 0.122 e. The summed E-state index contributed by atoms with van der Waals surface area (Å²) in [6, 6.07) is 14.9. The Hall–Kier alpha value is -0.800. The third-order valence-corrected chi connectivity index (χ3v) is 4.99. The van der Waals surface area contributed by atoms with Crippen molar-refractivity contribution in [3.8, 4) is 5.75 Å². The van der Waals surface area contributed by atoms with Gasteiger partial charge in [-0.2, -0.15) is 0 Å². The SMILES string of the molecule is COc1ccc(C)cc1CC(CBr)Cc1cccc(Br)c1. The summed E-state index contributed by atoms with van der Waals surface area (Å²) in [5.41, 5.74) is 3.93. The Morgan fingerprint density at radius 3 is 2.57 bits per heavy atom. The zero-order valence-electron chi connectivity index (χ0n) is 12.4. The molecule has 0 radical (unpaired) electrons. The van der Waals surface area contributed by atoms with Crippen LogP contribution >= 0.6 is 31.9 Å². The Bertz CT molecular complexity index is 596. The van der Waals surface area contributed by atoms with Crippen molar-refractivity contribution in [2.75, 3.05) is 12.4 Å². The topological polar surface area (TPSA) is 9.23 Å². The van der Waals surface area contributed by atoms with Crippen LogP contribution in [0.5, 0.6) is 5.75 Å². The fraction of sp³-hybridized carbons (Fsp3) is 0.333. The van der Waals surface area contributed by atoms with Crippen LogP contribution in [0.3, 0.4) is 0 Å². The molecule has 112 valence electrons. The predicted molar refractivity (Wildman–Crippen MR) is 96.6 cm³/mol. The van der Waals surface area contributed by atoms with Gasteiger partial charge in [0.1, 0.15) is 5.75 Å². The Morgan fingerprint density at radius 2 is 1.90 bits per heavy atom. The van der Waals surface area contributed by atoms with E-state index in [9.17, 15) is 0 Å². The first-order valence-corrected chi connectivity index (χ1v) is 8.97. The highest BCUT2D eigenvalue weighted by Gasteiger charge is 2.13. The average molecular weight is 412 g/mol. The minimum absolute atomic E-state index is 0.551. The molecule has 0 aromatic heterocycles. The third-order valence-electron chi connectivity index (χ3n) is 3.58. The van der Waals surface area contributed by atoms with Crippen molar-refractivity contribution in [3.05, 3.63) is 63.6 Å². The average Bonchev–Trinajstić information content (AvgIpc) is 2.47. The molecule has 2 aromatic rings. The fourth-order valence-corrected chi connectivity index (χ4v) is 3.46. The first-order chi connectivity index (χ1) is 10.1. The van der Waals surface area contributed by atoms with Gasteiger partial charge in [-0.05, 0) is 55.0 Å². The first kappa shape index (κ1) is 16.6. The van der Waals surface area contributed by atoms with Crippen molar-refractivity contribution in [3.63, 3.8) is 0 Å². The third kappa shape index (κ3) is 4.86. The second-order valence-corrected chi connectivity index (χ2v) is 6.94. The molecular formula is C18H20Br2O. The molecule has 1 unspecified atom stereocenters. The standard InChI is InChI=1S/C18H20Br2O/c1-13-6-7-18(21-2)16(8-13)10-15(12-19)9-14-4-3-5-17(20)11-14/h3-8,11,15H,9-10,12H2,1-2H3. The van der Waals surface area contributed by atoms with Gasteiger partial charge < -0.3 is 4.74 Å². The number of methoxy groups -OCH3 is 1. The molecule has 0 amide bonds. The monoisotopic (exact) mass is 410 g/mol. The van der Waals surface area contributed by atoms with Gasteiger partial charge in [-0.15, -0.1) is 0 Å². The number of aryl methyl sites for hydroxylation is 1. The number of hydrogen-bond donors (Lipinski definition) is 0. The van der Waals surface area contributed by atoms with Crippen LogP contribution in [0.4, 0.5) is 0 Å². The van der Waals surface area contributed by atoms with E-state index in [-0.39, 0.29) is 0 Å². The predicted octanol–water partition coefficient (Wildman–Crippen LogP) is 5.56. The van der Waals surface area contributed by atoms with Crippen molar-refractivity contribution in [2.24, 2.45) is 5.92 Å². The summed E-state index contributed by atoms with van der Waals surface area (Å²) in [4.78, 5) is 0. The van der Waals surface area contributed by atoms with Gasteiger partial charge in [0.05, 0.1) is 7.11 Å². The summed E-state index contributed by atoms with van der Waals surface area (Å²) < 4.78 is 6.63. The minimum atomic E-state index is 0.551. The van der Waals surface area contributed by atoms with Crippen LogP contribution in [-0.2, 0) is 12.8 Å². The van der Waals surface area contributed by atoms with E-state index in [0.717, 1.165) is 28.4 Å². The molecule has 0 N–H and O–H groups in total. The summed E-state index contributed by atoms with van der Waals surface area (Å²) in [6.45, 7) is 2.13. The van der Waals surface area contributed by atoms with Crippen molar-refractivity contribution >= 4 is 31.9 Å². The normalized spacial score (nSPS) is 12.2. The second kappa shape index (κ2) is 8.00. The molecule has 0 aliphatic carbocycles. The van der Waals surface area contributed by atoms with E-state index in [1.54, 1.807) is 7.11 Å². The van der Waals surface area contributed by atoms with E-state index in [0.29, 0.717) is 5.92 Å². The van der Waals surface area contributed by atoms with Crippen LogP contribution < -0.4 is 4.74 Å². The Morgan fingerprint density at radius 1 is 1.10 bits per heavy atom. The molecule has 21 heavy (non-hydrogen) atoms. The molecule has 0 saturated heterocycles. The summed E-state index contributed by atoms with van der Waals surface area (Å²) in [7, 11) is 1.74. The molecule has 0 spiro atoms. The highest BCUT2D eigenvalue weighted by Crippen LogP contribution is 2.26. The number of rotatable bonds is 6. The lowest BCUT2D eigenvalue weighted by Crippen LogP contribution is -2.11. The van der Waals surface area contributed by atoms with Gasteiger partial charge in [0.25, 0.3) is 0 Å². The molecule has 2 rings (SSSR count). The molecule has 0 aliphatic heterocycles. The number of alkyl halides is 1. The second-order valence-electron chi connectivity index (χ2n) is 5.37. The fourth-order valence-electron chi connectivity index (χ4n) is 2.56. The van der Waals surface area contributed by atoms with Crippen LogP contribution in [0.15, 0.2) is 46.9 Å². The summed E-state index contributed by atoms with van der Waals surface area (Å²) in [5.74, 6) is 1.54. The molecule has 1 nitrogen and oxygen atoms in total. The summed E-state index contributed by atoms with van der Waals surface area (Å²) in [5, 5.41) is 0.983. The number of halogens is 2. The van der Waals surface area contributed by atoms with Crippen LogP contribution in [-0.4, -0.2) is 12.4 Å². The van der Waals surface area contributed by atoms with Crippen LogP contribution in [0.1, 0.15) is 16.7 Å². The lowest BCUT2D eigenvalue weighted by atomic mass is 9.93. The van der Waals surface area contributed by atoms with E-state index in [2.05, 4.69) is 81.2 Å². The van der Waals surface area contributed by atoms with Crippen LogP contribution in [0, 0.1) is 12.8 Å². The van der Waals surface area contributed by atoms with E-state index in [4.69, 9.17) is 4.74 Å². The first-order valence-electron chi connectivity index (χ1n) is 7.06. The molecule has 1 atom stereocenters. The van der Waals surface area contributed by atoms with Crippen molar-refractivity contribution in [1.29, 1.82) is 0 Å². The molecular weight excluding hydrogens is 392 g/mol. The van der Waals surface area contributed by atoms with Gasteiger partial charge in [-0.1, -0.05) is 61.7 Å². The van der Waals surface area contributed by atoms with Crippen molar-refractivity contribution < 1.29 is 4.74 Å². The molecule has 0 saturated carbocycles. The lowest BCUT2D eigenvalue weighted by molar-refractivity contribution is 0.405. The largest absolute Gasteiger partial charge is 0.496 e. The molecule has 0 aliphatic rings. The molecule has 0 bridgehead atoms. The Labute approximate surface area is 144 Å². The van der Waals surface area contributed by atoms with Crippen LogP contribution in [0.25, 0.3) is 0 Å². The van der Waals surface area contributed by atoms with E-state index in [1.165, 1.54) is 16.7 Å². The van der Waals surface area contributed by atoms with E-state index < -0.39 is 0 Å². The number of benzene rings is 2. The lowest BCUT2D eigenvalue weighted by Gasteiger charge is -2.17. The summed E-state index contributed by atoms with van der Waals surface area (Å²) >= 11 is 7.20. The maximum absolute atomic E-state index is 5.49. The van der Waals surface area contributed by atoms with Crippen LogP contribution in [0.2, 0.25) is 0 Å². The zero-order chi connectivity index (χ0) is 15.2. The van der Waals surface area contributed by atoms with E-state index in [1.807, 2.05) is 0 Å². The highest BCUT2D eigenvalue weighted by molar-refractivity contribution is 9.10. The number of hydrogen-bond acceptors (Lipinski definition) is 1. The quantitative estimate of drug-likeness (QED) is 0.565. The maximum atomic E-state index is 5.49. The Balaban J connectivity index is 2.14. The van der Waals surface area contributed by atoms with Gasteiger partial charge in [0.15, 0.2) is 0 Å². The Kier molecular flexibility index (Phi) is 6.31. The smallest absolute Gasteiger partial charge is 0.122 e. The summed E-state index contributed by atoms with van der Waals surface area (Å²) in [6.07, 6.45) is 2.07. The van der Waals surface area contributed by atoms with Crippen molar-refractivity contribution in [1.82, 2.24) is 0 Å². The highest BCUT2D eigenvalue weighted by atomic mass is 79.9. The molecule has 0 heterocycles.